The summed E-state index contributed by atoms with van der Waals surface area (Å²) >= 11 is 0. The second-order valence-electron chi connectivity index (χ2n) is 2.84. The number of hydrogen-bond donors (Lipinski definition) is 0. The highest BCUT2D eigenvalue weighted by atomic mass is 19.1. The summed E-state index contributed by atoms with van der Waals surface area (Å²) in [6, 6.07) is 2.14. The minimum absolute atomic E-state index is 0.0104. The molecule has 0 aliphatic carbocycles. The highest BCUT2D eigenvalue weighted by molar-refractivity contribution is 5.56. The Hall–Kier alpha value is -1.78. The van der Waals surface area contributed by atoms with Gasteiger partial charge in [-0.15, -0.1) is 0 Å². The van der Waals surface area contributed by atoms with Crippen molar-refractivity contribution >= 4 is 0 Å². The molecule has 0 aliphatic heterocycles. The van der Waals surface area contributed by atoms with Crippen molar-refractivity contribution < 1.29 is 13.3 Å². The molecule has 0 N–H and O–H groups in total. The monoisotopic (exact) mass is 196 g/mol. The first kappa shape index (κ1) is 8.80. The third kappa shape index (κ3) is 1.37. The van der Waals surface area contributed by atoms with Crippen molar-refractivity contribution in [1.82, 2.24) is 10.1 Å². The number of aromatic nitrogens is 2. The molecule has 1 heterocycles. The summed E-state index contributed by atoms with van der Waals surface area (Å²) in [4.78, 5) is 3.65. The van der Waals surface area contributed by atoms with Crippen molar-refractivity contribution in [3.8, 4) is 11.4 Å². The maximum Gasteiger partial charge on any atom is 0.214 e. The van der Waals surface area contributed by atoms with Gasteiger partial charge < -0.3 is 4.52 Å². The summed E-state index contributed by atoms with van der Waals surface area (Å²) < 4.78 is 30.9. The Morgan fingerprint density at radius 1 is 1.29 bits per heavy atom. The Kier molecular flexibility index (Phi) is 1.99. The predicted molar refractivity (Wildman–Crippen MR) is 44.4 cm³/mol. The lowest BCUT2D eigenvalue weighted by atomic mass is 10.1. The standard InChI is InChI=1S/C9H6F2N2O/c1-5-2-6(10)3-7(8(5)11)9-12-4-14-13-9/h2-4H,1H3. The molecule has 0 amide bonds. The molecule has 0 saturated carbocycles. The van der Waals surface area contributed by atoms with Gasteiger partial charge in [0, 0.05) is 0 Å². The number of benzene rings is 1. The molecule has 0 bridgehead atoms. The van der Waals surface area contributed by atoms with Gasteiger partial charge in [0.05, 0.1) is 5.56 Å². The summed E-state index contributed by atoms with van der Waals surface area (Å²) in [6.07, 6.45) is 1.06. The van der Waals surface area contributed by atoms with Crippen molar-refractivity contribution in [2.45, 2.75) is 6.92 Å². The van der Waals surface area contributed by atoms with E-state index in [-0.39, 0.29) is 17.0 Å². The van der Waals surface area contributed by atoms with Gasteiger partial charge in [-0.05, 0) is 24.6 Å². The van der Waals surface area contributed by atoms with E-state index in [2.05, 4.69) is 14.7 Å². The maximum atomic E-state index is 13.5. The fourth-order valence-corrected chi connectivity index (χ4v) is 1.18. The number of halogens is 2. The van der Waals surface area contributed by atoms with Crippen LogP contribution in [0.2, 0.25) is 0 Å². The number of nitrogens with zero attached hydrogens (tertiary/aromatic N) is 2. The van der Waals surface area contributed by atoms with Gasteiger partial charge in [-0.2, -0.15) is 4.98 Å². The molecule has 3 nitrogen and oxygen atoms in total. The fourth-order valence-electron chi connectivity index (χ4n) is 1.18. The molecule has 0 saturated heterocycles. The Morgan fingerprint density at radius 3 is 2.71 bits per heavy atom. The van der Waals surface area contributed by atoms with Crippen LogP contribution in [0.3, 0.4) is 0 Å². The lowest BCUT2D eigenvalue weighted by Gasteiger charge is -2.01. The highest BCUT2D eigenvalue weighted by Crippen LogP contribution is 2.22. The molecule has 0 atom stereocenters. The molecule has 1 aromatic heterocycles. The van der Waals surface area contributed by atoms with Gasteiger partial charge in [0.2, 0.25) is 12.2 Å². The molecule has 0 aliphatic rings. The van der Waals surface area contributed by atoms with Crippen molar-refractivity contribution in [1.29, 1.82) is 0 Å². The van der Waals surface area contributed by atoms with Crippen LogP contribution in [0.25, 0.3) is 11.4 Å². The SMILES string of the molecule is Cc1cc(F)cc(-c2ncon2)c1F. The molecule has 5 heteroatoms. The van der Waals surface area contributed by atoms with Gasteiger partial charge in [-0.25, -0.2) is 8.78 Å². The zero-order valence-electron chi connectivity index (χ0n) is 7.29. The summed E-state index contributed by atoms with van der Waals surface area (Å²) in [6.45, 7) is 1.47. The van der Waals surface area contributed by atoms with E-state index < -0.39 is 11.6 Å². The zero-order chi connectivity index (χ0) is 10.1. The lowest BCUT2D eigenvalue weighted by Crippen LogP contribution is -1.92. The summed E-state index contributed by atoms with van der Waals surface area (Å²) in [5.41, 5.74) is 0.223. The molecule has 2 rings (SSSR count). The summed E-state index contributed by atoms with van der Waals surface area (Å²) in [5, 5.41) is 3.44. The van der Waals surface area contributed by atoms with Crippen LogP contribution >= 0.6 is 0 Å². The smallest absolute Gasteiger partial charge is 0.214 e. The quantitative estimate of drug-likeness (QED) is 0.702. The molecule has 0 fully saturated rings. The molecular formula is C9H6F2N2O. The first-order valence-electron chi connectivity index (χ1n) is 3.91. The van der Waals surface area contributed by atoms with Crippen molar-refractivity contribution in [2.24, 2.45) is 0 Å². The Labute approximate surface area is 78.4 Å². The molecule has 2 aromatic rings. The van der Waals surface area contributed by atoms with E-state index in [1.807, 2.05) is 0 Å². The Morgan fingerprint density at radius 2 is 2.07 bits per heavy atom. The first-order chi connectivity index (χ1) is 6.68. The van der Waals surface area contributed by atoms with E-state index >= 15 is 0 Å². The van der Waals surface area contributed by atoms with Crippen molar-refractivity contribution in [3.63, 3.8) is 0 Å². The maximum absolute atomic E-state index is 13.5. The lowest BCUT2D eigenvalue weighted by molar-refractivity contribution is 0.418. The molecule has 14 heavy (non-hydrogen) atoms. The predicted octanol–water partition coefficient (Wildman–Crippen LogP) is 2.32. The van der Waals surface area contributed by atoms with Crippen LogP contribution in [0.5, 0.6) is 0 Å². The second-order valence-corrected chi connectivity index (χ2v) is 2.84. The third-order valence-corrected chi connectivity index (χ3v) is 1.82. The van der Waals surface area contributed by atoms with Crippen molar-refractivity contribution in [3.05, 3.63) is 35.7 Å². The van der Waals surface area contributed by atoms with Crippen LogP contribution in [0, 0.1) is 18.6 Å². The average Bonchev–Trinajstić information content (AvgIpc) is 2.63. The molecule has 0 radical (unpaired) electrons. The molecule has 0 spiro atoms. The summed E-state index contributed by atoms with van der Waals surface area (Å²) in [5.74, 6) is -1.01. The van der Waals surface area contributed by atoms with Crippen LogP contribution in [-0.2, 0) is 0 Å². The van der Waals surface area contributed by atoms with E-state index in [1.165, 1.54) is 6.92 Å². The molecule has 0 unspecified atom stereocenters. The van der Waals surface area contributed by atoms with Crippen LogP contribution in [0.15, 0.2) is 23.0 Å². The van der Waals surface area contributed by atoms with E-state index in [9.17, 15) is 8.78 Å². The Balaban J connectivity index is 2.64. The van der Waals surface area contributed by atoms with E-state index in [4.69, 9.17) is 0 Å². The second kappa shape index (κ2) is 3.17. The van der Waals surface area contributed by atoms with E-state index in [0.29, 0.717) is 0 Å². The van der Waals surface area contributed by atoms with Crippen LogP contribution in [0.4, 0.5) is 8.78 Å². The van der Waals surface area contributed by atoms with Gasteiger partial charge in [-0.3, -0.25) is 0 Å². The van der Waals surface area contributed by atoms with Crippen LogP contribution in [0.1, 0.15) is 5.56 Å². The summed E-state index contributed by atoms with van der Waals surface area (Å²) in [7, 11) is 0. The number of hydrogen-bond acceptors (Lipinski definition) is 3. The van der Waals surface area contributed by atoms with E-state index in [1.54, 1.807) is 0 Å². The Bertz CT molecular complexity index is 454. The topological polar surface area (TPSA) is 38.9 Å². The van der Waals surface area contributed by atoms with Gasteiger partial charge in [0.1, 0.15) is 11.6 Å². The number of rotatable bonds is 1. The molecular weight excluding hydrogens is 190 g/mol. The van der Waals surface area contributed by atoms with Gasteiger partial charge in [-0.1, -0.05) is 5.16 Å². The molecule has 1 aromatic carbocycles. The van der Waals surface area contributed by atoms with Gasteiger partial charge >= 0.3 is 0 Å². The zero-order valence-corrected chi connectivity index (χ0v) is 7.29. The highest BCUT2D eigenvalue weighted by Gasteiger charge is 2.13. The normalized spacial score (nSPS) is 10.5. The van der Waals surface area contributed by atoms with Crippen LogP contribution in [-0.4, -0.2) is 10.1 Å². The van der Waals surface area contributed by atoms with Crippen LogP contribution < -0.4 is 0 Å². The largest absolute Gasteiger partial charge is 0.342 e. The van der Waals surface area contributed by atoms with Crippen molar-refractivity contribution in [2.75, 3.05) is 0 Å². The number of aryl methyl sites for hydroxylation is 1. The minimum Gasteiger partial charge on any atom is -0.342 e. The fraction of sp³-hybridized carbons (Fsp3) is 0.111. The minimum atomic E-state index is -0.534. The van der Waals surface area contributed by atoms with Gasteiger partial charge in [0.25, 0.3) is 0 Å². The third-order valence-electron chi connectivity index (χ3n) is 1.82. The van der Waals surface area contributed by atoms with E-state index in [0.717, 1.165) is 18.5 Å². The van der Waals surface area contributed by atoms with Gasteiger partial charge in [0.15, 0.2) is 0 Å². The average molecular weight is 196 g/mol. The molecule has 72 valence electrons. The first-order valence-corrected chi connectivity index (χ1v) is 3.91.